The van der Waals surface area contributed by atoms with Crippen molar-refractivity contribution in [2.45, 2.75) is 69.2 Å². The fraction of sp³-hybridized carbons (Fsp3) is 0.633. The van der Waals surface area contributed by atoms with Crippen molar-refractivity contribution in [1.82, 2.24) is 24.1 Å². The van der Waals surface area contributed by atoms with E-state index in [1.807, 2.05) is 17.1 Å². The van der Waals surface area contributed by atoms with Gasteiger partial charge in [-0.2, -0.15) is 0 Å². The summed E-state index contributed by atoms with van der Waals surface area (Å²) in [6.07, 6.45) is 16.2. The van der Waals surface area contributed by atoms with Crippen LogP contribution in [0, 0.1) is 0 Å². The SMILES string of the molecule is C=CC(Cl)=CC=CC1CCCC(CNc2ncnc(C(=O)N3CCC(N4CCC(N(C)S(C)(=O)=O)CC4)CC3)c2OC)O1. The minimum atomic E-state index is -3.19. The predicted octanol–water partition coefficient (Wildman–Crippen LogP) is 3.66. The molecular weight excluding hydrogens is 592 g/mol. The van der Waals surface area contributed by atoms with Gasteiger partial charge in [-0.05, 0) is 64.1 Å². The van der Waals surface area contributed by atoms with Gasteiger partial charge in [-0.3, -0.25) is 4.79 Å². The van der Waals surface area contributed by atoms with Crippen molar-refractivity contribution >= 4 is 33.3 Å². The largest absolute Gasteiger partial charge is 0.491 e. The maximum absolute atomic E-state index is 13.5. The van der Waals surface area contributed by atoms with Gasteiger partial charge in [0.25, 0.3) is 5.91 Å². The Morgan fingerprint density at radius 3 is 2.56 bits per heavy atom. The molecule has 1 aromatic heterocycles. The van der Waals surface area contributed by atoms with Crippen molar-refractivity contribution in [2.24, 2.45) is 0 Å². The molecule has 0 bridgehead atoms. The van der Waals surface area contributed by atoms with E-state index in [-0.39, 0.29) is 29.9 Å². The Balaban J connectivity index is 1.29. The fourth-order valence-electron chi connectivity index (χ4n) is 6.09. The first-order chi connectivity index (χ1) is 20.6. The zero-order valence-electron chi connectivity index (χ0n) is 25.5. The monoisotopic (exact) mass is 636 g/mol. The summed E-state index contributed by atoms with van der Waals surface area (Å²) in [5.74, 6) is 0.641. The zero-order chi connectivity index (χ0) is 31.0. The average molecular weight is 637 g/mol. The number of nitrogens with one attached hydrogen (secondary N) is 1. The van der Waals surface area contributed by atoms with Crippen molar-refractivity contribution in [2.75, 3.05) is 58.5 Å². The number of carbonyl (C=O) groups is 1. The molecule has 4 heterocycles. The molecule has 1 amide bonds. The van der Waals surface area contributed by atoms with Crippen LogP contribution in [0.25, 0.3) is 0 Å². The summed E-state index contributed by atoms with van der Waals surface area (Å²) in [7, 11) is 0.00733. The second-order valence-corrected chi connectivity index (χ2v) is 13.9. The molecule has 11 nitrogen and oxygen atoms in total. The Labute approximate surface area is 261 Å². The Hall–Kier alpha value is -2.51. The van der Waals surface area contributed by atoms with E-state index in [1.54, 1.807) is 19.2 Å². The maximum Gasteiger partial charge on any atom is 0.276 e. The number of piperidine rings is 2. The number of likely N-dealkylation sites (tertiary alicyclic amines) is 2. The van der Waals surface area contributed by atoms with Gasteiger partial charge >= 0.3 is 0 Å². The number of aromatic nitrogens is 2. The van der Waals surface area contributed by atoms with E-state index in [4.69, 9.17) is 21.1 Å². The van der Waals surface area contributed by atoms with Gasteiger partial charge in [-0.1, -0.05) is 36.4 Å². The van der Waals surface area contributed by atoms with Crippen LogP contribution in [0.15, 0.2) is 42.2 Å². The number of hydrogen-bond donors (Lipinski definition) is 1. The van der Waals surface area contributed by atoms with Gasteiger partial charge in [0.05, 0.1) is 25.6 Å². The summed E-state index contributed by atoms with van der Waals surface area (Å²) in [6.45, 7) is 7.14. The highest BCUT2D eigenvalue weighted by Crippen LogP contribution is 2.29. The van der Waals surface area contributed by atoms with E-state index in [0.29, 0.717) is 42.3 Å². The van der Waals surface area contributed by atoms with Gasteiger partial charge in [0.1, 0.15) is 6.33 Å². The van der Waals surface area contributed by atoms with Crippen molar-refractivity contribution in [3.05, 3.63) is 47.9 Å². The minimum absolute atomic E-state index is 0.00127. The number of halogens is 1. The molecule has 1 N–H and O–H groups in total. The third kappa shape index (κ3) is 9.01. The van der Waals surface area contributed by atoms with Gasteiger partial charge in [0, 0.05) is 43.8 Å². The lowest BCUT2D eigenvalue weighted by atomic mass is 9.97. The number of anilines is 1. The molecule has 0 aromatic carbocycles. The Morgan fingerprint density at radius 2 is 1.91 bits per heavy atom. The van der Waals surface area contributed by atoms with E-state index in [2.05, 4.69) is 26.8 Å². The molecule has 2 unspecified atom stereocenters. The molecular formula is C30H45ClN6O5S. The molecule has 3 saturated heterocycles. The third-order valence-corrected chi connectivity index (χ3v) is 10.3. The van der Waals surface area contributed by atoms with Crippen LogP contribution in [0.1, 0.15) is 55.4 Å². The van der Waals surface area contributed by atoms with Crippen molar-refractivity contribution < 1.29 is 22.7 Å². The Kier molecular flexibility index (Phi) is 12.0. The first kappa shape index (κ1) is 33.4. The molecule has 3 aliphatic rings. The van der Waals surface area contributed by atoms with Gasteiger partial charge in [-0.15, -0.1) is 0 Å². The fourth-order valence-corrected chi connectivity index (χ4v) is 6.91. The third-order valence-electron chi connectivity index (χ3n) is 8.67. The summed E-state index contributed by atoms with van der Waals surface area (Å²) < 4.78 is 37.2. The lowest BCUT2D eigenvalue weighted by molar-refractivity contribution is -0.0172. The highest BCUT2D eigenvalue weighted by molar-refractivity contribution is 7.88. The van der Waals surface area contributed by atoms with Crippen LogP contribution in [0.4, 0.5) is 5.82 Å². The molecule has 3 aliphatic heterocycles. The molecule has 1 aromatic rings. The molecule has 3 fully saturated rings. The summed E-state index contributed by atoms with van der Waals surface area (Å²) >= 11 is 5.98. The number of nitrogens with zero attached hydrogens (tertiary/aromatic N) is 5. The van der Waals surface area contributed by atoms with E-state index >= 15 is 0 Å². The quantitative estimate of drug-likeness (QED) is 0.363. The minimum Gasteiger partial charge on any atom is -0.491 e. The van der Waals surface area contributed by atoms with E-state index < -0.39 is 10.0 Å². The molecule has 238 valence electrons. The molecule has 0 aliphatic carbocycles. The van der Waals surface area contributed by atoms with Crippen LogP contribution < -0.4 is 10.1 Å². The lowest BCUT2D eigenvalue weighted by Gasteiger charge is -2.43. The molecule has 43 heavy (non-hydrogen) atoms. The summed E-state index contributed by atoms with van der Waals surface area (Å²) in [4.78, 5) is 26.5. The summed E-state index contributed by atoms with van der Waals surface area (Å²) in [5.41, 5.74) is 0.249. The number of rotatable bonds is 11. The molecule has 0 radical (unpaired) electrons. The number of allylic oxidation sites excluding steroid dienone is 4. The average Bonchev–Trinajstić information content (AvgIpc) is 3.02. The summed E-state index contributed by atoms with van der Waals surface area (Å²) in [5, 5.41) is 3.89. The first-order valence-corrected chi connectivity index (χ1v) is 17.2. The number of amides is 1. The van der Waals surface area contributed by atoms with Crippen molar-refractivity contribution in [1.29, 1.82) is 0 Å². The number of methoxy groups -OCH3 is 1. The van der Waals surface area contributed by atoms with E-state index in [9.17, 15) is 13.2 Å². The zero-order valence-corrected chi connectivity index (χ0v) is 27.0. The molecule has 13 heteroatoms. The number of hydrogen-bond acceptors (Lipinski definition) is 9. The van der Waals surface area contributed by atoms with Gasteiger partial charge in [0.15, 0.2) is 17.3 Å². The second kappa shape index (κ2) is 15.5. The smallest absolute Gasteiger partial charge is 0.276 e. The van der Waals surface area contributed by atoms with Crippen LogP contribution in [-0.2, 0) is 14.8 Å². The number of ether oxygens (including phenoxy) is 2. The van der Waals surface area contributed by atoms with Crippen molar-refractivity contribution in [3.63, 3.8) is 0 Å². The lowest BCUT2D eigenvalue weighted by Crippen LogP contribution is -2.52. The van der Waals surface area contributed by atoms with Gasteiger partial charge in [0.2, 0.25) is 10.0 Å². The van der Waals surface area contributed by atoms with Crippen LogP contribution in [0.5, 0.6) is 5.75 Å². The number of sulfonamides is 1. The highest BCUT2D eigenvalue weighted by atomic mass is 35.5. The predicted molar refractivity (Wildman–Crippen MR) is 169 cm³/mol. The maximum atomic E-state index is 13.5. The molecule has 2 atom stereocenters. The van der Waals surface area contributed by atoms with Gasteiger partial charge < -0.3 is 24.6 Å². The van der Waals surface area contributed by atoms with Crippen LogP contribution >= 0.6 is 11.6 Å². The topological polar surface area (TPSA) is 117 Å². The molecule has 0 spiro atoms. The number of carbonyl (C=O) groups excluding carboxylic acids is 1. The highest BCUT2D eigenvalue weighted by Gasteiger charge is 2.34. The summed E-state index contributed by atoms with van der Waals surface area (Å²) in [6, 6.07) is 0.426. The first-order valence-electron chi connectivity index (χ1n) is 15.0. The molecule has 4 rings (SSSR count). The standard InChI is InChI=1S/C30H45ClN6O5S/c1-5-22(31)8-6-9-25-10-7-11-26(42-25)20-32-29-28(41-3)27(33-21-34-29)30(38)37-18-14-24(15-19-37)36-16-12-23(13-17-36)35(2)43(4,39)40/h5-6,8-9,21,23-26H,1,7,10-20H2,2-4H3,(H,32,33,34). The van der Waals surface area contributed by atoms with E-state index in [0.717, 1.165) is 58.0 Å². The van der Waals surface area contributed by atoms with Crippen LogP contribution in [0.2, 0.25) is 0 Å². The van der Waals surface area contributed by atoms with Crippen LogP contribution in [-0.4, -0.2) is 116 Å². The van der Waals surface area contributed by atoms with E-state index in [1.165, 1.54) is 24.0 Å². The van der Waals surface area contributed by atoms with Crippen molar-refractivity contribution in [3.8, 4) is 5.75 Å². The van der Waals surface area contributed by atoms with Gasteiger partial charge in [-0.25, -0.2) is 22.7 Å². The Bertz CT molecular complexity index is 1280. The normalized spacial score (nSPS) is 23.6. The molecule has 0 saturated carbocycles. The Morgan fingerprint density at radius 1 is 1.19 bits per heavy atom. The second-order valence-electron chi connectivity index (χ2n) is 11.4. The van der Waals surface area contributed by atoms with Crippen LogP contribution in [0.3, 0.4) is 0 Å².